The number of nitrogens with one attached hydrogen (secondary N) is 1. The van der Waals surface area contributed by atoms with Crippen LogP contribution in [0.1, 0.15) is 30.6 Å². The lowest BCUT2D eigenvalue weighted by atomic mass is 10.1. The fourth-order valence-electron chi connectivity index (χ4n) is 2.53. The molecule has 0 saturated carbocycles. The zero-order valence-corrected chi connectivity index (χ0v) is 15.6. The Morgan fingerprint density at radius 2 is 1.78 bits per heavy atom. The van der Waals surface area contributed by atoms with E-state index in [9.17, 15) is 4.79 Å². The van der Waals surface area contributed by atoms with Gasteiger partial charge in [0.05, 0.1) is 5.69 Å². The largest absolute Gasteiger partial charge is 0.439 e. The molecule has 0 spiro atoms. The molecule has 0 aliphatic heterocycles. The van der Waals surface area contributed by atoms with Crippen LogP contribution < -0.4 is 10.1 Å². The first-order chi connectivity index (χ1) is 13.1. The molecular formula is C22H23N3O2. The van der Waals surface area contributed by atoms with Gasteiger partial charge in [-0.1, -0.05) is 44.2 Å². The molecule has 1 heterocycles. The average molecular weight is 361 g/mol. The number of carbonyl (C=O) groups excluding carboxylic acids is 1. The Labute approximate surface area is 159 Å². The zero-order chi connectivity index (χ0) is 19.1. The molecule has 0 aliphatic rings. The molecule has 27 heavy (non-hydrogen) atoms. The minimum Gasteiger partial charge on any atom is -0.439 e. The number of benzene rings is 2. The van der Waals surface area contributed by atoms with Crippen molar-refractivity contribution < 1.29 is 9.53 Å². The molecule has 1 aromatic heterocycles. The van der Waals surface area contributed by atoms with Crippen LogP contribution in [0.5, 0.6) is 11.6 Å². The van der Waals surface area contributed by atoms with Crippen molar-refractivity contribution in [2.75, 3.05) is 6.54 Å². The summed E-state index contributed by atoms with van der Waals surface area (Å²) >= 11 is 0. The number of carbonyl (C=O) groups is 1. The van der Waals surface area contributed by atoms with Crippen LogP contribution in [0.15, 0.2) is 67.0 Å². The first-order valence-electron chi connectivity index (χ1n) is 9.05. The Bertz CT molecular complexity index is 878. The van der Waals surface area contributed by atoms with E-state index in [2.05, 4.69) is 29.1 Å². The quantitative estimate of drug-likeness (QED) is 0.662. The summed E-state index contributed by atoms with van der Waals surface area (Å²) in [5.74, 6) is 1.70. The lowest BCUT2D eigenvalue weighted by Gasteiger charge is -2.08. The number of ether oxygens (including phenoxy) is 1. The number of hydrogen-bond donors (Lipinski definition) is 1. The Hall–Kier alpha value is -3.21. The summed E-state index contributed by atoms with van der Waals surface area (Å²) in [6.45, 7) is 4.96. The zero-order valence-electron chi connectivity index (χ0n) is 15.6. The molecule has 0 fully saturated rings. The van der Waals surface area contributed by atoms with Gasteiger partial charge in [0, 0.05) is 23.7 Å². The highest BCUT2D eigenvalue weighted by Gasteiger charge is 2.08. The van der Waals surface area contributed by atoms with E-state index in [1.165, 1.54) is 6.33 Å². The van der Waals surface area contributed by atoms with Gasteiger partial charge in [0.25, 0.3) is 5.91 Å². The van der Waals surface area contributed by atoms with E-state index in [1.807, 2.05) is 42.5 Å². The summed E-state index contributed by atoms with van der Waals surface area (Å²) in [7, 11) is 0. The van der Waals surface area contributed by atoms with Crippen LogP contribution in [0.3, 0.4) is 0 Å². The van der Waals surface area contributed by atoms with Crippen LogP contribution in [0.4, 0.5) is 0 Å². The van der Waals surface area contributed by atoms with Crippen molar-refractivity contribution in [1.29, 1.82) is 0 Å². The minimum atomic E-state index is -0.0574. The van der Waals surface area contributed by atoms with Crippen molar-refractivity contribution in [3.05, 3.63) is 72.6 Å². The van der Waals surface area contributed by atoms with Gasteiger partial charge in [-0.3, -0.25) is 4.79 Å². The van der Waals surface area contributed by atoms with E-state index in [4.69, 9.17) is 4.74 Å². The van der Waals surface area contributed by atoms with Crippen molar-refractivity contribution in [3.63, 3.8) is 0 Å². The Morgan fingerprint density at radius 1 is 1.04 bits per heavy atom. The second-order valence-corrected chi connectivity index (χ2v) is 6.67. The van der Waals surface area contributed by atoms with Crippen LogP contribution >= 0.6 is 0 Å². The van der Waals surface area contributed by atoms with Gasteiger partial charge in [-0.05, 0) is 36.6 Å². The maximum Gasteiger partial charge on any atom is 0.251 e. The number of nitrogens with zero attached hydrogens (tertiary/aromatic N) is 2. The van der Waals surface area contributed by atoms with E-state index in [0.29, 0.717) is 23.9 Å². The van der Waals surface area contributed by atoms with Crippen LogP contribution in [0.2, 0.25) is 0 Å². The highest BCUT2D eigenvalue weighted by molar-refractivity contribution is 5.94. The maximum atomic E-state index is 12.2. The molecule has 0 atom stereocenters. The fourth-order valence-corrected chi connectivity index (χ4v) is 2.53. The third-order valence-electron chi connectivity index (χ3n) is 4.06. The second-order valence-electron chi connectivity index (χ2n) is 6.67. The van der Waals surface area contributed by atoms with Crippen molar-refractivity contribution >= 4 is 5.91 Å². The van der Waals surface area contributed by atoms with Crippen molar-refractivity contribution in [2.45, 2.75) is 20.3 Å². The topological polar surface area (TPSA) is 64.1 Å². The highest BCUT2D eigenvalue weighted by Crippen LogP contribution is 2.23. The molecule has 0 saturated heterocycles. The smallest absolute Gasteiger partial charge is 0.251 e. The summed E-state index contributed by atoms with van der Waals surface area (Å²) in [5, 5.41) is 2.94. The molecule has 0 radical (unpaired) electrons. The average Bonchev–Trinajstić information content (AvgIpc) is 2.69. The molecule has 5 nitrogen and oxygen atoms in total. The van der Waals surface area contributed by atoms with Crippen molar-refractivity contribution in [1.82, 2.24) is 15.3 Å². The summed E-state index contributed by atoms with van der Waals surface area (Å²) in [5.41, 5.74) is 2.27. The highest BCUT2D eigenvalue weighted by atomic mass is 16.5. The van der Waals surface area contributed by atoms with Crippen molar-refractivity contribution in [3.8, 4) is 22.9 Å². The molecule has 1 N–H and O–H groups in total. The van der Waals surface area contributed by atoms with E-state index in [0.717, 1.165) is 23.4 Å². The van der Waals surface area contributed by atoms with Gasteiger partial charge in [0.1, 0.15) is 12.1 Å². The van der Waals surface area contributed by atoms with Crippen LogP contribution in [-0.2, 0) is 0 Å². The SMILES string of the molecule is CC(C)CCNC(=O)c1ccc(-c2cc(Oc3ccccc3)ncn2)cc1. The molecule has 2 aromatic carbocycles. The number of hydrogen-bond acceptors (Lipinski definition) is 4. The van der Waals surface area contributed by atoms with E-state index in [1.54, 1.807) is 18.2 Å². The van der Waals surface area contributed by atoms with Gasteiger partial charge in [-0.15, -0.1) is 0 Å². The van der Waals surface area contributed by atoms with Crippen LogP contribution in [0.25, 0.3) is 11.3 Å². The van der Waals surface area contributed by atoms with E-state index >= 15 is 0 Å². The fraction of sp³-hybridized carbons (Fsp3) is 0.227. The first-order valence-corrected chi connectivity index (χ1v) is 9.05. The van der Waals surface area contributed by atoms with E-state index in [-0.39, 0.29) is 5.91 Å². The number of para-hydroxylation sites is 1. The van der Waals surface area contributed by atoms with Gasteiger partial charge < -0.3 is 10.1 Å². The molecule has 3 aromatic rings. The summed E-state index contributed by atoms with van der Waals surface area (Å²) in [6.07, 6.45) is 2.44. The van der Waals surface area contributed by atoms with Gasteiger partial charge in [-0.2, -0.15) is 0 Å². The molecule has 0 aliphatic carbocycles. The third-order valence-corrected chi connectivity index (χ3v) is 4.06. The van der Waals surface area contributed by atoms with Gasteiger partial charge in [0.15, 0.2) is 0 Å². The number of aromatic nitrogens is 2. The molecular weight excluding hydrogens is 338 g/mol. The van der Waals surface area contributed by atoms with Gasteiger partial charge >= 0.3 is 0 Å². The summed E-state index contributed by atoms with van der Waals surface area (Å²) in [6, 6.07) is 18.6. The molecule has 0 unspecified atom stereocenters. The number of rotatable bonds is 7. The van der Waals surface area contributed by atoms with Crippen LogP contribution in [-0.4, -0.2) is 22.4 Å². The monoisotopic (exact) mass is 361 g/mol. The standard InChI is InChI=1S/C22H23N3O2/c1-16(2)12-13-23-22(26)18-10-8-17(9-11-18)20-14-21(25-15-24-20)27-19-6-4-3-5-7-19/h3-11,14-16H,12-13H2,1-2H3,(H,23,26). The molecule has 3 rings (SSSR count). The Morgan fingerprint density at radius 3 is 2.48 bits per heavy atom. The summed E-state index contributed by atoms with van der Waals surface area (Å²) < 4.78 is 5.75. The normalized spacial score (nSPS) is 10.6. The predicted octanol–water partition coefficient (Wildman–Crippen LogP) is 4.71. The third kappa shape index (κ3) is 5.38. The first kappa shape index (κ1) is 18.6. The summed E-state index contributed by atoms with van der Waals surface area (Å²) in [4.78, 5) is 20.6. The lowest BCUT2D eigenvalue weighted by Crippen LogP contribution is -2.25. The molecule has 5 heteroatoms. The van der Waals surface area contributed by atoms with Crippen molar-refractivity contribution in [2.24, 2.45) is 5.92 Å². The number of amides is 1. The Kier molecular flexibility index (Phi) is 6.15. The lowest BCUT2D eigenvalue weighted by molar-refractivity contribution is 0.0952. The van der Waals surface area contributed by atoms with Gasteiger partial charge in [0.2, 0.25) is 5.88 Å². The van der Waals surface area contributed by atoms with Crippen LogP contribution in [0, 0.1) is 5.92 Å². The van der Waals surface area contributed by atoms with E-state index < -0.39 is 0 Å². The minimum absolute atomic E-state index is 0.0574. The predicted molar refractivity (Wildman–Crippen MR) is 106 cm³/mol. The molecule has 138 valence electrons. The second kappa shape index (κ2) is 8.94. The molecule has 0 bridgehead atoms. The Balaban J connectivity index is 1.68. The maximum absolute atomic E-state index is 12.2. The molecule has 1 amide bonds. The van der Waals surface area contributed by atoms with Gasteiger partial charge in [-0.25, -0.2) is 9.97 Å².